The molecule has 0 unspecified atom stereocenters. The lowest BCUT2D eigenvalue weighted by Gasteiger charge is -2.18. The Morgan fingerprint density at radius 3 is 2.67 bits per heavy atom. The highest BCUT2D eigenvalue weighted by Gasteiger charge is 2.16. The number of amides is 2. The van der Waals surface area contributed by atoms with Gasteiger partial charge in [-0.15, -0.1) is 0 Å². The number of benzene rings is 2. The molecule has 0 aromatic heterocycles. The van der Waals surface area contributed by atoms with Gasteiger partial charge in [-0.25, -0.2) is 0 Å². The molecule has 0 spiro atoms. The van der Waals surface area contributed by atoms with Gasteiger partial charge in [-0.1, -0.05) is 18.2 Å². The van der Waals surface area contributed by atoms with Crippen molar-refractivity contribution in [1.82, 2.24) is 4.90 Å². The molecule has 0 bridgehead atoms. The van der Waals surface area contributed by atoms with E-state index in [1.165, 1.54) is 22.4 Å². The molecule has 0 atom stereocenters. The van der Waals surface area contributed by atoms with Gasteiger partial charge in [0.2, 0.25) is 5.91 Å². The number of anilines is 1. The average Bonchev–Trinajstić information content (AvgIpc) is 3.10. The molecule has 1 aliphatic rings. The number of carbonyl (C=O) groups excluding carboxylic acids is 2. The largest absolute Gasteiger partial charge is 0.484 e. The van der Waals surface area contributed by atoms with E-state index < -0.39 is 0 Å². The lowest BCUT2D eigenvalue weighted by atomic mass is 10.1. The second-order valence-electron chi connectivity index (χ2n) is 7.19. The summed E-state index contributed by atoms with van der Waals surface area (Å²) in [7, 11) is 1.61. The predicted molar refractivity (Wildman–Crippen MR) is 106 cm³/mol. The van der Waals surface area contributed by atoms with Gasteiger partial charge in [0, 0.05) is 12.7 Å². The number of likely N-dealkylation sites (N-methyl/N-ethyl adjacent to an activating group) is 1. The third kappa shape index (κ3) is 4.88. The van der Waals surface area contributed by atoms with Crippen LogP contribution in [0.15, 0.2) is 36.4 Å². The van der Waals surface area contributed by atoms with E-state index >= 15 is 0 Å². The molecule has 3 rings (SSSR count). The molecule has 2 amide bonds. The molecule has 0 radical (unpaired) electrons. The van der Waals surface area contributed by atoms with Crippen LogP contribution in [0.5, 0.6) is 5.75 Å². The van der Waals surface area contributed by atoms with E-state index in [1.54, 1.807) is 7.05 Å². The minimum atomic E-state index is -0.230. The second-order valence-corrected chi connectivity index (χ2v) is 7.19. The molecule has 0 saturated heterocycles. The van der Waals surface area contributed by atoms with Crippen LogP contribution in [0.25, 0.3) is 0 Å². The number of fused-ring (bicyclic) bond motifs is 1. The van der Waals surface area contributed by atoms with Crippen molar-refractivity contribution in [2.24, 2.45) is 0 Å². The molecule has 2 aromatic rings. The van der Waals surface area contributed by atoms with E-state index in [0.29, 0.717) is 5.75 Å². The Balaban J connectivity index is 1.50. The van der Waals surface area contributed by atoms with Crippen LogP contribution in [-0.4, -0.2) is 36.9 Å². The first-order valence-electron chi connectivity index (χ1n) is 9.28. The summed E-state index contributed by atoms with van der Waals surface area (Å²) in [4.78, 5) is 25.9. The van der Waals surface area contributed by atoms with Gasteiger partial charge in [-0.3, -0.25) is 9.59 Å². The first-order chi connectivity index (χ1) is 12.9. The van der Waals surface area contributed by atoms with Gasteiger partial charge < -0.3 is 15.0 Å². The van der Waals surface area contributed by atoms with Crippen molar-refractivity contribution < 1.29 is 14.3 Å². The van der Waals surface area contributed by atoms with E-state index in [4.69, 9.17) is 4.74 Å². The van der Waals surface area contributed by atoms with Crippen molar-refractivity contribution in [3.8, 4) is 5.75 Å². The molecule has 142 valence electrons. The number of ether oxygens (including phenoxy) is 1. The number of nitrogens with one attached hydrogen (secondary N) is 1. The van der Waals surface area contributed by atoms with Crippen molar-refractivity contribution in [1.29, 1.82) is 0 Å². The van der Waals surface area contributed by atoms with E-state index in [9.17, 15) is 9.59 Å². The highest BCUT2D eigenvalue weighted by Crippen LogP contribution is 2.26. The lowest BCUT2D eigenvalue weighted by molar-refractivity contribution is -0.135. The number of hydrogen-bond donors (Lipinski definition) is 1. The molecule has 2 aromatic carbocycles. The van der Waals surface area contributed by atoms with Gasteiger partial charge in [0.05, 0.1) is 6.54 Å². The summed E-state index contributed by atoms with van der Waals surface area (Å²) in [6, 6.07) is 11.9. The number of rotatable bonds is 6. The smallest absolute Gasteiger partial charge is 0.260 e. The fourth-order valence-electron chi connectivity index (χ4n) is 3.26. The van der Waals surface area contributed by atoms with Crippen LogP contribution in [0.2, 0.25) is 0 Å². The Morgan fingerprint density at radius 1 is 1.07 bits per heavy atom. The maximum absolute atomic E-state index is 12.3. The van der Waals surface area contributed by atoms with Crippen LogP contribution < -0.4 is 10.1 Å². The Hall–Kier alpha value is -2.82. The fraction of sp³-hybridized carbons (Fsp3) is 0.364. The van der Waals surface area contributed by atoms with Crippen molar-refractivity contribution in [2.75, 3.05) is 25.5 Å². The zero-order valence-corrected chi connectivity index (χ0v) is 16.2. The normalized spacial score (nSPS) is 12.4. The quantitative estimate of drug-likeness (QED) is 0.854. The summed E-state index contributed by atoms with van der Waals surface area (Å²) in [6.45, 7) is 3.82. The Bertz CT molecular complexity index is 861. The third-order valence-corrected chi connectivity index (χ3v) is 4.91. The van der Waals surface area contributed by atoms with Crippen molar-refractivity contribution >= 4 is 17.5 Å². The number of nitrogens with zero attached hydrogens (tertiary/aromatic N) is 1. The molecule has 5 nitrogen and oxygen atoms in total. The Labute approximate surface area is 160 Å². The topological polar surface area (TPSA) is 58.6 Å². The first-order valence-corrected chi connectivity index (χ1v) is 9.28. The van der Waals surface area contributed by atoms with Gasteiger partial charge in [0.1, 0.15) is 5.75 Å². The van der Waals surface area contributed by atoms with E-state index in [-0.39, 0.29) is 25.0 Å². The highest BCUT2D eigenvalue weighted by molar-refractivity contribution is 5.95. The molecular weight excluding hydrogens is 340 g/mol. The standard InChI is InChI=1S/C22H26N2O3/c1-15-7-8-16(2)20(11-15)23-21(25)13-24(3)22(26)14-27-19-10-9-17-5-4-6-18(17)12-19/h7-12H,4-6,13-14H2,1-3H3,(H,23,25). The van der Waals surface area contributed by atoms with Gasteiger partial charge in [-0.05, 0) is 73.6 Å². The van der Waals surface area contributed by atoms with Crippen molar-refractivity contribution in [3.05, 3.63) is 58.7 Å². The molecule has 27 heavy (non-hydrogen) atoms. The molecule has 1 N–H and O–H groups in total. The van der Waals surface area contributed by atoms with Crippen LogP contribution in [-0.2, 0) is 22.4 Å². The zero-order valence-electron chi connectivity index (χ0n) is 16.2. The molecule has 0 fully saturated rings. The fourth-order valence-corrected chi connectivity index (χ4v) is 3.26. The Kier molecular flexibility index (Phi) is 5.79. The van der Waals surface area contributed by atoms with Crippen LogP contribution in [0, 0.1) is 13.8 Å². The minimum Gasteiger partial charge on any atom is -0.484 e. The van der Waals surface area contributed by atoms with E-state index in [0.717, 1.165) is 29.7 Å². The van der Waals surface area contributed by atoms with Crippen LogP contribution in [0.1, 0.15) is 28.7 Å². The molecule has 0 heterocycles. The number of aryl methyl sites for hydroxylation is 4. The summed E-state index contributed by atoms with van der Waals surface area (Å²) < 4.78 is 5.63. The maximum Gasteiger partial charge on any atom is 0.260 e. The molecule has 0 aliphatic heterocycles. The van der Waals surface area contributed by atoms with Gasteiger partial charge in [0.15, 0.2) is 6.61 Å². The summed E-state index contributed by atoms with van der Waals surface area (Å²) in [5, 5.41) is 2.87. The summed E-state index contributed by atoms with van der Waals surface area (Å²) >= 11 is 0. The summed E-state index contributed by atoms with van der Waals surface area (Å²) in [5.74, 6) is 0.251. The first kappa shape index (κ1) is 19.0. The van der Waals surface area contributed by atoms with Gasteiger partial charge in [0.25, 0.3) is 5.91 Å². The molecule has 1 aliphatic carbocycles. The van der Waals surface area contributed by atoms with Gasteiger partial charge >= 0.3 is 0 Å². The third-order valence-electron chi connectivity index (χ3n) is 4.91. The van der Waals surface area contributed by atoms with Crippen LogP contribution in [0.4, 0.5) is 5.69 Å². The second kappa shape index (κ2) is 8.25. The molecular formula is C22H26N2O3. The SMILES string of the molecule is Cc1ccc(C)c(NC(=O)CN(C)C(=O)COc2ccc3c(c2)CCC3)c1. The molecule has 0 saturated carbocycles. The Morgan fingerprint density at radius 2 is 1.85 bits per heavy atom. The van der Waals surface area contributed by atoms with Gasteiger partial charge in [-0.2, -0.15) is 0 Å². The lowest BCUT2D eigenvalue weighted by Crippen LogP contribution is -2.37. The number of carbonyl (C=O) groups is 2. The van der Waals surface area contributed by atoms with E-state index in [2.05, 4.69) is 11.4 Å². The zero-order chi connectivity index (χ0) is 19.4. The summed E-state index contributed by atoms with van der Waals surface area (Å²) in [5.41, 5.74) is 5.51. The average molecular weight is 366 g/mol. The van der Waals surface area contributed by atoms with Crippen molar-refractivity contribution in [3.63, 3.8) is 0 Å². The van der Waals surface area contributed by atoms with Crippen LogP contribution >= 0.6 is 0 Å². The monoisotopic (exact) mass is 366 g/mol. The maximum atomic E-state index is 12.3. The van der Waals surface area contributed by atoms with Crippen molar-refractivity contribution in [2.45, 2.75) is 33.1 Å². The predicted octanol–water partition coefficient (Wildman–Crippen LogP) is 3.27. The minimum absolute atomic E-state index is 0.0141. The van der Waals surface area contributed by atoms with Crippen LogP contribution in [0.3, 0.4) is 0 Å². The summed E-state index contributed by atoms with van der Waals surface area (Å²) in [6.07, 6.45) is 3.36. The molecule has 5 heteroatoms. The highest BCUT2D eigenvalue weighted by atomic mass is 16.5. The number of hydrogen-bond acceptors (Lipinski definition) is 3. The van der Waals surface area contributed by atoms with E-state index in [1.807, 2.05) is 44.2 Å².